The molecule has 20 heavy (non-hydrogen) atoms. The van der Waals surface area contributed by atoms with Crippen molar-refractivity contribution in [2.45, 2.75) is 32.1 Å². The number of hydrogen-bond acceptors (Lipinski definition) is 2. The lowest BCUT2D eigenvalue weighted by Gasteiger charge is -2.22. The topological polar surface area (TPSA) is 46.3 Å². The summed E-state index contributed by atoms with van der Waals surface area (Å²) in [5.74, 6) is 1.73. The Balaban J connectivity index is 1.66. The number of nitrogens with zero attached hydrogens (tertiary/aromatic N) is 1. The second kappa shape index (κ2) is 5.96. The van der Waals surface area contributed by atoms with Crippen molar-refractivity contribution < 1.29 is 4.79 Å². The summed E-state index contributed by atoms with van der Waals surface area (Å²) < 4.78 is 0. The van der Waals surface area contributed by atoms with Gasteiger partial charge in [0.05, 0.1) is 0 Å². The van der Waals surface area contributed by atoms with Crippen LogP contribution in [0.3, 0.4) is 0 Å². The number of hydrogen-bond donors (Lipinski definition) is 1. The molecule has 0 unspecified atom stereocenters. The van der Waals surface area contributed by atoms with E-state index in [4.69, 9.17) is 5.73 Å². The first kappa shape index (κ1) is 13.6. The Morgan fingerprint density at radius 1 is 1.05 bits per heavy atom. The summed E-state index contributed by atoms with van der Waals surface area (Å²) in [4.78, 5) is 14.7. The smallest absolute Gasteiger partial charge is 0.253 e. The zero-order valence-electron chi connectivity index (χ0n) is 12.1. The van der Waals surface area contributed by atoms with E-state index in [-0.39, 0.29) is 5.91 Å². The molecule has 2 N–H and O–H groups in total. The molecule has 0 spiro atoms. The quantitative estimate of drug-likeness (QED) is 0.828. The fourth-order valence-corrected chi connectivity index (χ4v) is 2.63. The molecule has 0 aromatic heterocycles. The Morgan fingerprint density at radius 3 is 2.05 bits per heavy atom. The molecule has 108 valence electrons. The number of amides is 1. The molecule has 0 bridgehead atoms. The van der Waals surface area contributed by atoms with Gasteiger partial charge in [-0.1, -0.05) is 12.1 Å². The average molecular weight is 272 g/mol. The lowest BCUT2D eigenvalue weighted by atomic mass is 10.1. The highest BCUT2D eigenvalue weighted by Gasteiger charge is 2.31. The lowest BCUT2D eigenvalue weighted by Crippen LogP contribution is -2.34. The molecule has 1 amide bonds. The van der Waals surface area contributed by atoms with Crippen LogP contribution in [0.25, 0.3) is 0 Å². The maximum absolute atomic E-state index is 12.6. The van der Waals surface area contributed by atoms with Crippen molar-refractivity contribution in [2.24, 2.45) is 17.6 Å². The Kier molecular flexibility index (Phi) is 4.06. The van der Waals surface area contributed by atoms with Crippen LogP contribution in [0.1, 0.15) is 41.6 Å². The first-order valence-corrected chi connectivity index (χ1v) is 7.84. The van der Waals surface area contributed by atoms with Crippen LogP contribution < -0.4 is 5.73 Å². The molecule has 2 aliphatic carbocycles. The van der Waals surface area contributed by atoms with Crippen molar-refractivity contribution in [1.29, 1.82) is 0 Å². The Labute approximate surface area is 121 Å². The standard InChI is InChI=1S/C17H24N2O/c18-10-9-13-5-7-16(8-6-13)17(20)19(11-14-1-2-14)12-15-3-4-15/h5-8,14-15H,1-4,9-12,18H2. The first-order valence-electron chi connectivity index (χ1n) is 7.84. The first-order chi connectivity index (χ1) is 9.76. The summed E-state index contributed by atoms with van der Waals surface area (Å²) >= 11 is 0. The van der Waals surface area contributed by atoms with Crippen molar-refractivity contribution in [2.75, 3.05) is 19.6 Å². The van der Waals surface area contributed by atoms with Gasteiger partial charge in [-0.2, -0.15) is 0 Å². The van der Waals surface area contributed by atoms with Crippen LogP contribution in [0.4, 0.5) is 0 Å². The molecule has 2 saturated carbocycles. The number of carbonyl (C=O) groups is 1. The highest BCUT2D eigenvalue weighted by Crippen LogP contribution is 2.34. The van der Waals surface area contributed by atoms with Gasteiger partial charge < -0.3 is 10.6 Å². The predicted molar refractivity (Wildman–Crippen MR) is 80.6 cm³/mol. The summed E-state index contributed by atoms with van der Waals surface area (Å²) in [6.07, 6.45) is 6.06. The molecule has 2 fully saturated rings. The van der Waals surface area contributed by atoms with E-state index in [0.29, 0.717) is 6.54 Å². The molecular weight excluding hydrogens is 248 g/mol. The average Bonchev–Trinajstić information content (AvgIpc) is 3.34. The predicted octanol–water partition coefficient (Wildman–Crippen LogP) is 2.45. The normalized spacial score (nSPS) is 18.1. The van der Waals surface area contributed by atoms with Crippen LogP contribution in [-0.4, -0.2) is 30.4 Å². The molecule has 3 nitrogen and oxygen atoms in total. The van der Waals surface area contributed by atoms with Crippen molar-refractivity contribution in [3.8, 4) is 0 Å². The molecule has 0 aliphatic heterocycles. The summed E-state index contributed by atoms with van der Waals surface area (Å²) in [5.41, 5.74) is 7.59. The van der Waals surface area contributed by atoms with E-state index in [2.05, 4.69) is 4.90 Å². The van der Waals surface area contributed by atoms with Crippen LogP contribution >= 0.6 is 0 Å². The summed E-state index contributed by atoms with van der Waals surface area (Å²) in [6.45, 7) is 2.57. The van der Waals surface area contributed by atoms with Crippen LogP contribution in [0.5, 0.6) is 0 Å². The minimum Gasteiger partial charge on any atom is -0.338 e. The van der Waals surface area contributed by atoms with Crippen molar-refractivity contribution in [3.63, 3.8) is 0 Å². The van der Waals surface area contributed by atoms with Gasteiger partial charge >= 0.3 is 0 Å². The highest BCUT2D eigenvalue weighted by atomic mass is 16.2. The van der Waals surface area contributed by atoms with E-state index < -0.39 is 0 Å². The molecule has 1 aromatic carbocycles. The van der Waals surface area contributed by atoms with E-state index >= 15 is 0 Å². The minimum absolute atomic E-state index is 0.211. The zero-order chi connectivity index (χ0) is 13.9. The Hall–Kier alpha value is -1.35. The number of rotatable bonds is 7. The van der Waals surface area contributed by atoms with Crippen LogP contribution in [0.15, 0.2) is 24.3 Å². The zero-order valence-corrected chi connectivity index (χ0v) is 12.1. The molecule has 0 heterocycles. The fourth-order valence-electron chi connectivity index (χ4n) is 2.63. The van der Waals surface area contributed by atoms with E-state index in [1.807, 2.05) is 24.3 Å². The summed E-state index contributed by atoms with van der Waals surface area (Å²) in [6, 6.07) is 7.99. The maximum Gasteiger partial charge on any atom is 0.253 e. The fraction of sp³-hybridized carbons (Fsp3) is 0.588. The minimum atomic E-state index is 0.211. The van der Waals surface area contributed by atoms with Gasteiger partial charge in [-0.05, 0) is 68.2 Å². The lowest BCUT2D eigenvalue weighted by molar-refractivity contribution is 0.0739. The molecule has 0 radical (unpaired) electrons. The van der Waals surface area contributed by atoms with Gasteiger partial charge in [0.1, 0.15) is 0 Å². The second-order valence-corrected chi connectivity index (χ2v) is 6.33. The number of carbonyl (C=O) groups excluding carboxylic acids is 1. The van der Waals surface area contributed by atoms with Crippen molar-refractivity contribution >= 4 is 5.91 Å². The van der Waals surface area contributed by atoms with Crippen molar-refractivity contribution in [1.82, 2.24) is 4.90 Å². The van der Waals surface area contributed by atoms with Gasteiger partial charge in [-0.15, -0.1) is 0 Å². The Bertz CT molecular complexity index is 446. The summed E-state index contributed by atoms with van der Waals surface area (Å²) in [7, 11) is 0. The van der Waals surface area contributed by atoms with E-state index in [9.17, 15) is 4.79 Å². The van der Waals surface area contributed by atoms with E-state index in [1.165, 1.54) is 31.2 Å². The molecule has 2 aliphatic rings. The third-order valence-electron chi connectivity index (χ3n) is 4.27. The van der Waals surface area contributed by atoms with Gasteiger partial charge in [0.2, 0.25) is 0 Å². The van der Waals surface area contributed by atoms with Gasteiger partial charge in [-0.25, -0.2) is 0 Å². The van der Waals surface area contributed by atoms with Crippen molar-refractivity contribution in [3.05, 3.63) is 35.4 Å². The van der Waals surface area contributed by atoms with Gasteiger partial charge in [-0.3, -0.25) is 4.79 Å². The van der Waals surface area contributed by atoms with Gasteiger partial charge in [0.15, 0.2) is 0 Å². The molecular formula is C17H24N2O. The highest BCUT2D eigenvalue weighted by molar-refractivity contribution is 5.94. The molecule has 0 saturated heterocycles. The molecule has 0 atom stereocenters. The SMILES string of the molecule is NCCc1ccc(C(=O)N(CC2CC2)CC2CC2)cc1. The van der Waals surface area contributed by atoms with Crippen LogP contribution in [0, 0.1) is 11.8 Å². The van der Waals surface area contributed by atoms with E-state index in [0.717, 1.165) is 36.9 Å². The Morgan fingerprint density at radius 2 is 1.60 bits per heavy atom. The van der Waals surface area contributed by atoms with Crippen LogP contribution in [0.2, 0.25) is 0 Å². The summed E-state index contributed by atoms with van der Waals surface area (Å²) in [5, 5.41) is 0. The molecule has 3 rings (SSSR count). The number of nitrogens with two attached hydrogens (primary N) is 1. The molecule has 1 aromatic rings. The number of benzene rings is 1. The van der Waals surface area contributed by atoms with E-state index in [1.54, 1.807) is 0 Å². The van der Waals surface area contributed by atoms with Gasteiger partial charge in [0.25, 0.3) is 5.91 Å². The largest absolute Gasteiger partial charge is 0.338 e. The third-order valence-corrected chi connectivity index (χ3v) is 4.27. The van der Waals surface area contributed by atoms with Crippen LogP contribution in [-0.2, 0) is 6.42 Å². The molecule has 3 heteroatoms. The third kappa shape index (κ3) is 3.60. The second-order valence-electron chi connectivity index (χ2n) is 6.33. The van der Waals surface area contributed by atoms with Gasteiger partial charge in [0, 0.05) is 18.7 Å². The maximum atomic E-state index is 12.6. The monoisotopic (exact) mass is 272 g/mol.